The summed E-state index contributed by atoms with van der Waals surface area (Å²) in [6, 6.07) is 6.34. The van der Waals surface area contributed by atoms with Crippen LogP contribution in [-0.4, -0.2) is 12.1 Å². The molecule has 0 radical (unpaired) electrons. The Balaban J connectivity index is 2.57. The van der Waals surface area contributed by atoms with Crippen molar-refractivity contribution >= 4 is 21.6 Å². The maximum atomic E-state index is 5.08. The van der Waals surface area contributed by atoms with Gasteiger partial charge in [-0.2, -0.15) is 0 Å². The Morgan fingerprint density at radius 2 is 2.31 bits per heavy atom. The van der Waals surface area contributed by atoms with Crippen molar-refractivity contribution in [1.29, 1.82) is 0 Å². The fourth-order valence-corrected chi connectivity index (χ4v) is 2.10. The minimum Gasteiger partial charge on any atom is -0.473 e. The van der Waals surface area contributed by atoms with Crippen molar-refractivity contribution in [3.63, 3.8) is 0 Å². The van der Waals surface area contributed by atoms with Gasteiger partial charge in [0.2, 0.25) is 0 Å². The SMILES string of the molecule is CCc1ccc2nc(OC)sc2c1. The van der Waals surface area contributed by atoms with Gasteiger partial charge >= 0.3 is 0 Å². The first-order valence-electron chi connectivity index (χ1n) is 4.27. The van der Waals surface area contributed by atoms with Gasteiger partial charge in [0.15, 0.2) is 0 Å². The standard InChI is InChI=1S/C10H11NOS/c1-3-7-4-5-8-9(6-7)13-10(11-8)12-2/h4-6H,3H2,1-2H3. The van der Waals surface area contributed by atoms with E-state index in [1.807, 2.05) is 6.07 Å². The molecule has 0 unspecified atom stereocenters. The summed E-state index contributed by atoms with van der Waals surface area (Å²) in [6.45, 7) is 2.15. The molecule has 0 fully saturated rings. The smallest absolute Gasteiger partial charge is 0.274 e. The van der Waals surface area contributed by atoms with Crippen LogP contribution in [0.15, 0.2) is 18.2 Å². The third kappa shape index (κ3) is 1.52. The molecule has 1 aromatic carbocycles. The topological polar surface area (TPSA) is 22.1 Å². The molecule has 13 heavy (non-hydrogen) atoms. The van der Waals surface area contributed by atoms with E-state index in [4.69, 9.17) is 4.74 Å². The molecule has 0 aliphatic carbocycles. The monoisotopic (exact) mass is 193 g/mol. The second-order valence-corrected chi connectivity index (χ2v) is 3.83. The second-order valence-electron chi connectivity index (χ2n) is 2.84. The summed E-state index contributed by atoms with van der Waals surface area (Å²) in [5, 5.41) is 0.739. The summed E-state index contributed by atoms with van der Waals surface area (Å²) in [7, 11) is 1.65. The molecule has 0 bridgehead atoms. The van der Waals surface area contributed by atoms with E-state index in [1.54, 1.807) is 18.4 Å². The van der Waals surface area contributed by atoms with E-state index in [0.717, 1.165) is 17.1 Å². The van der Waals surface area contributed by atoms with Crippen molar-refractivity contribution in [3.8, 4) is 5.19 Å². The molecule has 0 atom stereocenters. The predicted octanol–water partition coefficient (Wildman–Crippen LogP) is 2.87. The van der Waals surface area contributed by atoms with E-state index in [-0.39, 0.29) is 0 Å². The number of benzene rings is 1. The van der Waals surface area contributed by atoms with Crippen LogP contribution < -0.4 is 4.74 Å². The summed E-state index contributed by atoms with van der Waals surface area (Å²) in [6.07, 6.45) is 1.07. The zero-order valence-electron chi connectivity index (χ0n) is 7.70. The average Bonchev–Trinajstić information content (AvgIpc) is 2.58. The summed E-state index contributed by atoms with van der Waals surface area (Å²) in [5.41, 5.74) is 2.37. The van der Waals surface area contributed by atoms with Crippen LogP contribution in [0.25, 0.3) is 10.2 Å². The molecule has 0 spiro atoms. The molecule has 0 amide bonds. The molecule has 0 saturated heterocycles. The Labute approximate surface area is 81.2 Å². The first-order valence-corrected chi connectivity index (χ1v) is 5.08. The zero-order chi connectivity index (χ0) is 9.26. The number of aromatic nitrogens is 1. The van der Waals surface area contributed by atoms with Crippen LogP contribution in [0, 0.1) is 0 Å². The van der Waals surface area contributed by atoms with Gasteiger partial charge in [0.05, 0.1) is 17.3 Å². The molecule has 0 saturated carbocycles. The number of thiazole rings is 1. The minimum absolute atomic E-state index is 0.739. The Kier molecular flexibility index (Phi) is 2.19. The summed E-state index contributed by atoms with van der Waals surface area (Å²) >= 11 is 1.59. The van der Waals surface area contributed by atoms with Crippen molar-refractivity contribution < 1.29 is 4.74 Å². The number of nitrogens with zero attached hydrogens (tertiary/aromatic N) is 1. The highest BCUT2D eigenvalue weighted by atomic mass is 32.1. The van der Waals surface area contributed by atoms with Crippen LogP contribution in [0.3, 0.4) is 0 Å². The molecule has 2 rings (SSSR count). The number of hydrogen-bond acceptors (Lipinski definition) is 3. The maximum Gasteiger partial charge on any atom is 0.274 e. The van der Waals surface area contributed by atoms with Gasteiger partial charge in [-0.05, 0) is 24.1 Å². The van der Waals surface area contributed by atoms with E-state index < -0.39 is 0 Å². The van der Waals surface area contributed by atoms with Crippen molar-refractivity contribution in [1.82, 2.24) is 4.98 Å². The largest absolute Gasteiger partial charge is 0.473 e. The fraction of sp³-hybridized carbons (Fsp3) is 0.300. The van der Waals surface area contributed by atoms with Crippen molar-refractivity contribution in [2.24, 2.45) is 0 Å². The van der Waals surface area contributed by atoms with E-state index in [0.29, 0.717) is 0 Å². The van der Waals surface area contributed by atoms with Crippen LogP contribution >= 0.6 is 11.3 Å². The van der Waals surface area contributed by atoms with Gasteiger partial charge in [-0.1, -0.05) is 24.3 Å². The lowest BCUT2D eigenvalue weighted by Gasteiger charge is -1.93. The quantitative estimate of drug-likeness (QED) is 0.731. The molecule has 3 heteroatoms. The summed E-state index contributed by atoms with van der Waals surface area (Å²) < 4.78 is 6.28. The van der Waals surface area contributed by atoms with E-state index in [2.05, 4.69) is 24.0 Å². The van der Waals surface area contributed by atoms with Gasteiger partial charge in [-0.15, -0.1) is 0 Å². The van der Waals surface area contributed by atoms with Crippen molar-refractivity contribution in [3.05, 3.63) is 23.8 Å². The molecule has 0 aliphatic heterocycles. The first-order chi connectivity index (χ1) is 6.33. The number of methoxy groups -OCH3 is 1. The minimum atomic E-state index is 0.739. The molecule has 1 heterocycles. The number of aryl methyl sites for hydroxylation is 1. The predicted molar refractivity (Wildman–Crippen MR) is 55.6 cm³/mol. The van der Waals surface area contributed by atoms with Gasteiger partial charge in [0.1, 0.15) is 0 Å². The lowest BCUT2D eigenvalue weighted by molar-refractivity contribution is 0.413. The van der Waals surface area contributed by atoms with E-state index >= 15 is 0 Å². The number of ether oxygens (including phenoxy) is 1. The summed E-state index contributed by atoms with van der Waals surface area (Å²) in [4.78, 5) is 4.30. The lowest BCUT2D eigenvalue weighted by atomic mass is 10.2. The Morgan fingerprint density at radius 3 is 3.00 bits per heavy atom. The zero-order valence-corrected chi connectivity index (χ0v) is 8.52. The fourth-order valence-electron chi connectivity index (χ4n) is 1.26. The molecule has 68 valence electrons. The Bertz CT molecular complexity index is 420. The van der Waals surface area contributed by atoms with Gasteiger partial charge in [-0.25, -0.2) is 4.98 Å². The van der Waals surface area contributed by atoms with Crippen LogP contribution in [0.4, 0.5) is 0 Å². The lowest BCUT2D eigenvalue weighted by Crippen LogP contribution is -1.79. The molecule has 2 aromatic rings. The van der Waals surface area contributed by atoms with Crippen LogP contribution in [0.5, 0.6) is 5.19 Å². The maximum absolute atomic E-state index is 5.08. The van der Waals surface area contributed by atoms with Crippen LogP contribution in [-0.2, 0) is 6.42 Å². The Hall–Kier alpha value is -1.09. The van der Waals surface area contributed by atoms with E-state index in [9.17, 15) is 0 Å². The highest BCUT2D eigenvalue weighted by Crippen LogP contribution is 2.28. The van der Waals surface area contributed by atoms with Gasteiger partial charge in [-0.3, -0.25) is 0 Å². The average molecular weight is 193 g/mol. The number of rotatable bonds is 2. The Morgan fingerprint density at radius 1 is 1.46 bits per heavy atom. The first kappa shape index (κ1) is 8.51. The molecule has 0 N–H and O–H groups in total. The second kappa shape index (κ2) is 3.34. The van der Waals surface area contributed by atoms with Crippen molar-refractivity contribution in [2.75, 3.05) is 7.11 Å². The molecule has 0 aliphatic rings. The van der Waals surface area contributed by atoms with Gasteiger partial charge in [0.25, 0.3) is 5.19 Å². The number of hydrogen-bond donors (Lipinski definition) is 0. The van der Waals surface area contributed by atoms with Crippen LogP contribution in [0.1, 0.15) is 12.5 Å². The molecular weight excluding hydrogens is 182 g/mol. The van der Waals surface area contributed by atoms with Gasteiger partial charge < -0.3 is 4.74 Å². The van der Waals surface area contributed by atoms with Crippen LogP contribution in [0.2, 0.25) is 0 Å². The highest BCUT2D eigenvalue weighted by molar-refractivity contribution is 7.20. The molecule has 2 nitrogen and oxygen atoms in total. The molecular formula is C10H11NOS. The van der Waals surface area contributed by atoms with Gasteiger partial charge in [0, 0.05) is 0 Å². The normalized spacial score (nSPS) is 10.6. The third-order valence-corrected chi connectivity index (χ3v) is 3.00. The van der Waals surface area contributed by atoms with E-state index in [1.165, 1.54) is 10.3 Å². The third-order valence-electron chi connectivity index (χ3n) is 2.02. The highest BCUT2D eigenvalue weighted by Gasteiger charge is 2.03. The van der Waals surface area contributed by atoms with Crippen molar-refractivity contribution in [2.45, 2.75) is 13.3 Å². The molecule has 1 aromatic heterocycles. The summed E-state index contributed by atoms with van der Waals surface area (Å²) in [5.74, 6) is 0. The number of fused-ring (bicyclic) bond motifs is 1.